The van der Waals surface area contributed by atoms with Gasteiger partial charge < -0.3 is 5.21 Å². The second-order valence-electron chi connectivity index (χ2n) is 4.65. The Morgan fingerprint density at radius 3 is 0.917 bits per heavy atom. The van der Waals surface area contributed by atoms with Crippen molar-refractivity contribution in [2.45, 2.75) is 66.5 Å². The van der Waals surface area contributed by atoms with Crippen LogP contribution in [-0.2, 0) is 0 Å². The van der Waals surface area contributed by atoms with Crippen molar-refractivity contribution >= 4 is 0 Å². The van der Waals surface area contributed by atoms with E-state index in [0.717, 1.165) is 0 Å². The zero-order valence-corrected chi connectivity index (χ0v) is 9.89. The second-order valence-corrected chi connectivity index (χ2v) is 4.65. The largest absolute Gasteiger partial charge is 0.313 e. The molecule has 0 aliphatic heterocycles. The molecule has 12 heavy (non-hydrogen) atoms. The topological polar surface area (TPSA) is 23.5 Å². The van der Waals surface area contributed by atoms with E-state index in [2.05, 4.69) is 0 Å². The third-order valence-electron chi connectivity index (χ3n) is 1.27. The van der Waals surface area contributed by atoms with Crippen molar-refractivity contribution in [2.75, 3.05) is 0 Å². The minimum Gasteiger partial charge on any atom is -0.313 e. The normalized spacial score (nSPS) is 12.5. The number of hydrogen-bond acceptors (Lipinski definition) is 2. The van der Waals surface area contributed by atoms with Crippen LogP contribution >= 0.6 is 0 Å². The van der Waals surface area contributed by atoms with Gasteiger partial charge in [0.15, 0.2) is 0 Å². The summed E-state index contributed by atoms with van der Waals surface area (Å²) < 4.78 is 0. The van der Waals surface area contributed by atoms with Crippen molar-refractivity contribution < 1.29 is 5.21 Å². The van der Waals surface area contributed by atoms with Crippen molar-refractivity contribution in [1.29, 1.82) is 0 Å². The van der Waals surface area contributed by atoms with Crippen LogP contribution < -0.4 is 0 Å². The molecule has 0 spiro atoms. The number of nitrogens with zero attached hydrogens (tertiary/aromatic N) is 1. The van der Waals surface area contributed by atoms with Crippen molar-refractivity contribution in [2.24, 2.45) is 0 Å². The molecular weight excluding hydrogens is 150 g/mol. The molecule has 0 aliphatic rings. The Bertz CT molecular complexity index is 94.0. The molecule has 0 fully saturated rings. The van der Waals surface area contributed by atoms with Crippen molar-refractivity contribution in [3.8, 4) is 0 Å². The van der Waals surface area contributed by atoms with E-state index >= 15 is 0 Å². The Hall–Kier alpha value is -0.0800. The molecule has 0 heterocycles. The predicted molar refractivity (Wildman–Crippen MR) is 54.5 cm³/mol. The molecule has 0 unspecified atom stereocenters. The van der Waals surface area contributed by atoms with E-state index in [1.54, 1.807) is 0 Å². The van der Waals surface area contributed by atoms with E-state index in [-0.39, 0.29) is 11.1 Å². The molecule has 0 radical (unpaired) electrons. The van der Waals surface area contributed by atoms with Crippen LogP contribution in [0.1, 0.15) is 55.4 Å². The molecule has 0 aromatic carbocycles. The monoisotopic (exact) mass is 175 g/mol. The molecule has 0 atom stereocenters. The number of hydrogen-bond donors (Lipinski definition) is 1. The van der Waals surface area contributed by atoms with Crippen LogP contribution in [0.2, 0.25) is 0 Å². The summed E-state index contributed by atoms with van der Waals surface area (Å²) in [4.78, 5) is 0. The van der Waals surface area contributed by atoms with Gasteiger partial charge in [0, 0.05) is 11.1 Å². The first-order chi connectivity index (χ1) is 5.15. The molecule has 76 valence electrons. The molecule has 0 saturated carbocycles. The highest BCUT2D eigenvalue weighted by Crippen LogP contribution is 2.20. The van der Waals surface area contributed by atoms with Crippen LogP contribution in [0.5, 0.6) is 0 Å². The van der Waals surface area contributed by atoms with E-state index in [0.29, 0.717) is 0 Å². The SMILES string of the molecule is CC.CC(C)(C)N(O)C(C)(C)C. The predicted octanol–water partition coefficient (Wildman–Crippen LogP) is 3.30. The fraction of sp³-hybridized carbons (Fsp3) is 1.00. The lowest BCUT2D eigenvalue weighted by molar-refractivity contribution is -0.212. The summed E-state index contributed by atoms with van der Waals surface area (Å²) in [5.41, 5.74) is -0.337. The van der Waals surface area contributed by atoms with Gasteiger partial charge in [0.1, 0.15) is 0 Å². The maximum Gasteiger partial charge on any atom is 0.0382 e. The van der Waals surface area contributed by atoms with Gasteiger partial charge in [-0.3, -0.25) is 0 Å². The molecular formula is C10H25NO. The lowest BCUT2D eigenvalue weighted by Gasteiger charge is -2.39. The highest BCUT2D eigenvalue weighted by molar-refractivity contribution is 4.79. The summed E-state index contributed by atoms with van der Waals surface area (Å²) in [6, 6.07) is 0. The van der Waals surface area contributed by atoms with E-state index in [1.165, 1.54) is 5.06 Å². The standard InChI is InChI=1S/C8H19NO.C2H6/c1-7(2,3)9(10)8(4,5)6;1-2/h10H,1-6H3;1-2H3. The van der Waals surface area contributed by atoms with Gasteiger partial charge in [-0.1, -0.05) is 13.8 Å². The molecule has 0 bridgehead atoms. The van der Waals surface area contributed by atoms with Gasteiger partial charge in [-0.05, 0) is 41.5 Å². The van der Waals surface area contributed by atoms with Crippen LogP contribution in [0, 0.1) is 0 Å². The average molecular weight is 175 g/mol. The minimum absolute atomic E-state index is 0.168. The van der Waals surface area contributed by atoms with Crippen LogP contribution in [0.3, 0.4) is 0 Å². The minimum atomic E-state index is -0.168. The summed E-state index contributed by atoms with van der Waals surface area (Å²) in [6.45, 7) is 15.9. The summed E-state index contributed by atoms with van der Waals surface area (Å²) in [7, 11) is 0. The van der Waals surface area contributed by atoms with Gasteiger partial charge in [0.2, 0.25) is 0 Å². The molecule has 0 aromatic heterocycles. The van der Waals surface area contributed by atoms with E-state index < -0.39 is 0 Å². The number of rotatable bonds is 0. The zero-order valence-electron chi connectivity index (χ0n) is 9.89. The Kier molecular flexibility index (Phi) is 5.81. The van der Waals surface area contributed by atoms with Gasteiger partial charge in [0.25, 0.3) is 0 Å². The second kappa shape index (κ2) is 4.83. The van der Waals surface area contributed by atoms with Gasteiger partial charge in [-0.25, -0.2) is 0 Å². The molecule has 0 rings (SSSR count). The summed E-state index contributed by atoms with van der Waals surface area (Å²) in [5.74, 6) is 0. The first-order valence-corrected chi connectivity index (χ1v) is 4.65. The molecule has 0 aromatic rings. The molecule has 2 nitrogen and oxygen atoms in total. The molecule has 2 heteroatoms. The van der Waals surface area contributed by atoms with Crippen LogP contribution in [0.15, 0.2) is 0 Å². The first kappa shape index (κ1) is 14.4. The summed E-state index contributed by atoms with van der Waals surface area (Å²) in [5, 5.41) is 10.9. The fourth-order valence-electron chi connectivity index (χ4n) is 1.01. The maximum absolute atomic E-state index is 9.56. The quantitative estimate of drug-likeness (QED) is 0.571. The maximum atomic E-state index is 9.56. The molecule has 1 N–H and O–H groups in total. The van der Waals surface area contributed by atoms with E-state index in [4.69, 9.17) is 0 Å². The Balaban J connectivity index is 0. The molecule has 0 saturated heterocycles. The summed E-state index contributed by atoms with van der Waals surface area (Å²) in [6.07, 6.45) is 0. The first-order valence-electron chi connectivity index (χ1n) is 4.65. The van der Waals surface area contributed by atoms with E-state index in [1.807, 2.05) is 55.4 Å². The van der Waals surface area contributed by atoms with Crippen molar-refractivity contribution in [1.82, 2.24) is 5.06 Å². The highest BCUT2D eigenvalue weighted by Gasteiger charge is 2.29. The van der Waals surface area contributed by atoms with Crippen LogP contribution in [0.4, 0.5) is 0 Å². The van der Waals surface area contributed by atoms with Crippen molar-refractivity contribution in [3.05, 3.63) is 0 Å². The lowest BCUT2D eigenvalue weighted by Crippen LogP contribution is -2.50. The van der Waals surface area contributed by atoms with Crippen molar-refractivity contribution in [3.63, 3.8) is 0 Å². The molecule has 0 aliphatic carbocycles. The average Bonchev–Trinajstić information content (AvgIpc) is 1.87. The Morgan fingerprint density at radius 1 is 0.750 bits per heavy atom. The van der Waals surface area contributed by atoms with Gasteiger partial charge in [-0.15, -0.1) is 0 Å². The number of hydroxylamine groups is 2. The summed E-state index contributed by atoms with van der Waals surface area (Å²) >= 11 is 0. The van der Waals surface area contributed by atoms with Crippen LogP contribution in [-0.4, -0.2) is 21.3 Å². The lowest BCUT2D eigenvalue weighted by atomic mass is 10.0. The molecule has 0 amide bonds. The van der Waals surface area contributed by atoms with Gasteiger partial charge in [0.05, 0.1) is 0 Å². The fourth-order valence-corrected chi connectivity index (χ4v) is 1.01. The van der Waals surface area contributed by atoms with Gasteiger partial charge in [-0.2, -0.15) is 5.06 Å². The van der Waals surface area contributed by atoms with Gasteiger partial charge >= 0.3 is 0 Å². The third-order valence-corrected chi connectivity index (χ3v) is 1.27. The smallest absolute Gasteiger partial charge is 0.0382 e. The zero-order chi connectivity index (χ0) is 10.6. The Morgan fingerprint density at radius 2 is 0.917 bits per heavy atom. The van der Waals surface area contributed by atoms with Crippen LogP contribution in [0.25, 0.3) is 0 Å². The van der Waals surface area contributed by atoms with E-state index in [9.17, 15) is 5.21 Å². The Labute approximate surface area is 77.5 Å². The third kappa shape index (κ3) is 5.56. The highest BCUT2D eigenvalue weighted by atomic mass is 16.5.